The topological polar surface area (TPSA) is 65.5 Å². The van der Waals surface area contributed by atoms with Gasteiger partial charge in [0.25, 0.3) is 5.91 Å². The number of pyridine rings is 1. The van der Waals surface area contributed by atoms with Gasteiger partial charge in [0.2, 0.25) is 0 Å². The molecule has 0 aliphatic carbocycles. The highest BCUT2D eigenvalue weighted by molar-refractivity contribution is 5.92. The number of nitrogens with zero attached hydrogens (tertiary/aromatic N) is 6. The minimum absolute atomic E-state index is 0.0562. The van der Waals surface area contributed by atoms with Gasteiger partial charge < -0.3 is 14.7 Å². The zero-order valence-electron chi connectivity index (χ0n) is 14.8. The van der Waals surface area contributed by atoms with Crippen LogP contribution < -0.4 is 9.80 Å². The van der Waals surface area contributed by atoms with Gasteiger partial charge >= 0.3 is 0 Å². The quantitative estimate of drug-likeness (QED) is 0.825. The normalized spacial score (nSPS) is 14.5. The van der Waals surface area contributed by atoms with Crippen molar-refractivity contribution in [2.24, 2.45) is 0 Å². The maximum Gasteiger partial charge on any atom is 0.274 e. The predicted octanol–water partition coefficient (Wildman–Crippen LogP) is 1.68. The molecule has 7 heteroatoms. The van der Waals surface area contributed by atoms with Crippen LogP contribution in [-0.4, -0.2) is 65.3 Å². The third-order valence-electron chi connectivity index (χ3n) is 4.50. The number of piperazine rings is 1. The average Bonchev–Trinajstić information content (AvgIpc) is 2.70. The van der Waals surface area contributed by atoms with Gasteiger partial charge in [-0.05, 0) is 38.1 Å². The van der Waals surface area contributed by atoms with E-state index in [0.717, 1.165) is 37.8 Å². The van der Waals surface area contributed by atoms with Crippen LogP contribution in [0.25, 0.3) is 0 Å². The standard InChI is InChI=1S/C18H24N6O/c1-3-22(4-2)17-9-8-15(20-21-17)18(25)24-13-11-23(12-14-24)16-7-5-6-10-19-16/h5-10H,3-4,11-14H2,1-2H3. The molecule has 3 rings (SSSR count). The van der Waals surface area contributed by atoms with Crippen LogP contribution in [0, 0.1) is 0 Å². The van der Waals surface area contributed by atoms with Crippen LogP contribution in [0.5, 0.6) is 0 Å². The first kappa shape index (κ1) is 17.1. The molecule has 1 aliphatic heterocycles. The van der Waals surface area contributed by atoms with E-state index in [2.05, 4.69) is 38.8 Å². The third-order valence-corrected chi connectivity index (χ3v) is 4.50. The largest absolute Gasteiger partial charge is 0.356 e. The summed E-state index contributed by atoms with van der Waals surface area (Å²) in [5.74, 6) is 1.71. The van der Waals surface area contributed by atoms with Gasteiger partial charge in [0, 0.05) is 45.5 Å². The highest BCUT2D eigenvalue weighted by Crippen LogP contribution is 2.15. The van der Waals surface area contributed by atoms with Gasteiger partial charge in [0.05, 0.1) is 0 Å². The molecular formula is C18H24N6O. The van der Waals surface area contributed by atoms with Crippen molar-refractivity contribution in [2.45, 2.75) is 13.8 Å². The summed E-state index contributed by atoms with van der Waals surface area (Å²) in [7, 11) is 0. The molecule has 1 saturated heterocycles. The number of hydrogen-bond donors (Lipinski definition) is 0. The lowest BCUT2D eigenvalue weighted by Crippen LogP contribution is -2.49. The van der Waals surface area contributed by atoms with Gasteiger partial charge in [-0.3, -0.25) is 4.79 Å². The summed E-state index contributed by atoms with van der Waals surface area (Å²) >= 11 is 0. The van der Waals surface area contributed by atoms with Crippen LogP contribution in [0.2, 0.25) is 0 Å². The van der Waals surface area contributed by atoms with Crippen molar-refractivity contribution in [3.63, 3.8) is 0 Å². The zero-order chi connectivity index (χ0) is 17.6. The van der Waals surface area contributed by atoms with Gasteiger partial charge in [-0.2, -0.15) is 0 Å². The molecule has 1 amide bonds. The Balaban J connectivity index is 1.61. The second-order valence-corrected chi connectivity index (χ2v) is 5.92. The fourth-order valence-electron chi connectivity index (χ4n) is 3.00. The highest BCUT2D eigenvalue weighted by Gasteiger charge is 2.24. The van der Waals surface area contributed by atoms with Gasteiger partial charge in [-0.1, -0.05) is 6.07 Å². The molecule has 132 valence electrons. The summed E-state index contributed by atoms with van der Waals surface area (Å²) in [6.07, 6.45) is 1.79. The summed E-state index contributed by atoms with van der Waals surface area (Å²) in [5, 5.41) is 8.35. The number of hydrogen-bond acceptors (Lipinski definition) is 6. The van der Waals surface area contributed by atoms with E-state index in [4.69, 9.17) is 0 Å². The smallest absolute Gasteiger partial charge is 0.274 e. The first-order valence-corrected chi connectivity index (χ1v) is 8.76. The molecular weight excluding hydrogens is 316 g/mol. The Morgan fingerprint density at radius 3 is 2.36 bits per heavy atom. The van der Waals surface area contributed by atoms with E-state index in [-0.39, 0.29) is 5.91 Å². The predicted molar refractivity (Wildman–Crippen MR) is 97.9 cm³/mol. The fourth-order valence-corrected chi connectivity index (χ4v) is 3.00. The molecule has 7 nitrogen and oxygen atoms in total. The molecule has 2 aromatic rings. The van der Waals surface area contributed by atoms with Crippen LogP contribution in [-0.2, 0) is 0 Å². The Morgan fingerprint density at radius 1 is 1.04 bits per heavy atom. The number of rotatable bonds is 5. The molecule has 0 atom stereocenters. The lowest BCUT2D eigenvalue weighted by atomic mass is 10.2. The van der Waals surface area contributed by atoms with Crippen molar-refractivity contribution in [1.82, 2.24) is 20.1 Å². The van der Waals surface area contributed by atoms with Gasteiger partial charge in [0.15, 0.2) is 11.5 Å². The second kappa shape index (κ2) is 7.92. The molecule has 3 heterocycles. The van der Waals surface area contributed by atoms with E-state index in [9.17, 15) is 4.79 Å². The summed E-state index contributed by atoms with van der Waals surface area (Å²) < 4.78 is 0. The molecule has 25 heavy (non-hydrogen) atoms. The molecule has 0 saturated carbocycles. The van der Waals surface area contributed by atoms with Crippen molar-refractivity contribution in [2.75, 3.05) is 49.1 Å². The van der Waals surface area contributed by atoms with Crippen molar-refractivity contribution >= 4 is 17.5 Å². The van der Waals surface area contributed by atoms with E-state index in [1.807, 2.05) is 29.2 Å². The minimum atomic E-state index is -0.0562. The van der Waals surface area contributed by atoms with E-state index in [1.54, 1.807) is 12.3 Å². The molecule has 0 unspecified atom stereocenters. The Labute approximate surface area is 148 Å². The third kappa shape index (κ3) is 3.87. The molecule has 1 aliphatic rings. The van der Waals surface area contributed by atoms with E-state index in [0.29, 0.717) is 18.8 Å². The molecule has 0 aromatic carbocycles. The molecule has 2 aromatic heterocycles. The Kier molecular flexibility index (Phi) is 5.42. The van der Waals surface area contributed by atoms with Crippen LogP contribution in [0.15, 0.2) is 36.5 Å². The van der Waals surface area contributed by atoms with Crippen LogP contribution >= 0.6 is 0 Å². The number of carbonyl (C=O) groups is 1. The minimum Gasteiger partial charge on any atom is -0.356 e. The van der Waals surface area contributed by atoms with Gasteiger partial charge in [0.1, 0.15) is 5.82 Å². The number of carbonyl (C=O) groups excluding carboxylic acids is 1. The SMILES string of the molecule is CCN(CC)c1ccc(C(=O)N2CCN(c3ccccn3)CC2)nn1. The number of aromatic nitrogens is 3. The van der Waals surface area contributed by atoms with E-state index in [1.165, 1.54) is 0 Å². The molecule has 0 bridgehead atoms. The van der Waals surface area contributed by atoms with Crippen LogP contribution in [0.4, 0.5) is 11.6 Å². The van der Waals surface area contributed by atoms with Crippen molar-refractivity contribution in [3.05, 3.63) is 42.2 Å². The Bertz CT molecular complexity index is 678. The second-order valence-electron chi connectivity index (χ2n) is 5.92. The number of anilines is 2. The van der Waals surface area contributed by atoms with Crippen molar-refractivity contribution in [3.8, 4) is 0 Å². The zero-order valence-corrected chi connectivity index (χ0v) is 14.8. The molecule has 0 N–H and O–H groups in total. The summed E-state index contributed by atoms with van der Waals surface area (Å²) in [6, 6.07) is 9.52. The van der Waals surface area contributed by atoms with Gasteiger partial charge in [-0.15, -0.1) is 10.2 Å². The highest BCUT2D eigenvalue weighted by atomic mass is 16.2. The summed E-state index contributed by atoms with van der Waals surface area (Å²) in [5.41, 5.74) is 0.405. The maximum atomic E-state index is 12.6. The fraction of sp³-hybridized carbons (Fsp3) is 0.444. The van der Waals surface area contributed by atoms with E-state index >= 15 is 0 Å². The van der Waals surface area contributed by atoms with E-state index < -0.39 is 0 Å². The van der Waals surface area contributed by atoms with Crippen molar-refractivity contribution < 1.29 is 4.79 Å². The Hall–Kier alpha value is -2.70. The lowest BCUT2D eigenvalue weighted by molar-refractivity contribution is 0.0739. The van der Waals surface area contributed by atoms with Crippen LogP contribution in [0.3, 0.4) is 0 Å². The van der Waals surface area contributed by atoms with Gasteiger partial charge in [-0.25, -0.2) is 4.98 Å². The maximum absolute atomic E-state index is 12.6. The average molecular weight is 340 g/mol. The summed E-state index contributed by atoms with van der Waals surface area (Å²) in [4.78, 5) is 23.1. The summed E-state index contributed by atoms with van der Waals surface area (Å²) in [6.45, 7) is 8.75. The lowest BCUT2D eigenvalue weighted by Gasteiger charge is -2.35. The Morgan fingerprint density at radius 2 is 1.80 bits per heavy atom. The first-order valence-electron chi connectivity index (χ1n) is 8.76. The molecule has 1 fully saturated rings. The number of amides is 1. The monoisotopic (exact) mass is 340 g/mol. The molecule has 0 radical (unpaired) electrons. The van der Waals surface area contributed by atoms with Crippen molar-refractivity contribution in [1.29, 1.82) is 0 Å². The molecule has 0 spiro atoms. The first-order chi connectivity index (χ1) is 12.2. The van der Waals surface area contributed by atoms with Crippen LogP contribution in [0.1, 0.15) is 24.3 Å².